The molecule has 0 aliphatic carbocycles. The summed E-state index contributed by atoms with van der Waals surface area (Å²) in [6.45, 7) is 1.38. The second-order valence-electron chi connectivity index (χ2n) is 3.88. The third-order valence-corrected chi connectivity index (χ3v) is 5.64. The molecule has 0 spiro atoms. The number of rotatable bonds is 3. The highest BCUT2D eigenvalue weighted by atomic mass is 35.7. The van der Waals surface area contributed by atoms with E-state index in [2.05, 4.69) is 10.3 Å². The lowest BCUT2D eigenvalue weighted by Gasteiger charge is -2.03. The van der Waals surface area contributed by atoms with Crippen LogP contribution in [0.3, 0.4) is 0 Å². The largest absolute Gasteiger partial charge is 0.298 e. The Morgan fingerprint density at radius 1 is 1.33 bits per heavy atom. The Bertz CT molecular complexity index is 801. The van der Waals surface area contributed by atoms with E-state index in [1.807, 2.05) is 0 Å². The summed E-state index contributed by atoms with van der Waals surface area (Å²) < 4.78 is 49.1. The predicted molar refractivity (Wildman–Crippen MR) is 74.2 cm³/mol. The number of thiazole rings is 1. The molecule has 0 radical (unpaired) electrons. The predicted octanol–water partition coefficient (Wildman–Crippen LogP) is 2.91. The van der Waals surface area contributed by atoms with E-state index >= 15 is 0 Å². The molecule has 1 aromatic heterocycles. The summed E-state index contributed by atoms with van der Waals surface area (Å²) in [4.78, 5) is 15.6. The highest BCUT2D eigenvalue weighted by Crippen LogP contribution is 2.30. The molecule has 5 nitrogen and oxygen atoms in total. The topological polar surface area (TPSA) is 76.1 Å². The minimum atomic E-state index is -4.00. The molecule has 1 heterocycles. The van der Waals surface area contributed by atoms with Crippen molar-refractivity contribution in [1.29, 1.82) is 0 Å². The lowest BCUT2D eigenvalue weighted by atomic mass is 10.2. The van der Waals surface area contributed by atoms with E-state index in [1.165, 1.54) is 6.92 Å². The Balaban J connectivity index is 2.33. The standard InChI is InChI=1S/C11H7ClF2N2O3S2/c1-5-10(21(12,18)19)20-11(15-5)16-9(17)8-6(13)3-2-4-7(8)14/h2-4H,1H3,(H,15,16,17). The van der Waals surface area contributed by atoms with Gasteiger partial charge >= 0.3 is 0 Å². The van der Waals surface area contributed by atoms with Gasteiger partial charge in [0.1, 0.15) is 17.2 Å². The maximum atomic E-state index is 13.4. The Labute approximate surface area is 127 Å². The fourth-order valence-corrected chi connectivity index (χ4v) is 3.88. The van der Waals surface area contributed by atoms with E-state index in [9.17, 15) is 22.0 Å². The second-order valence-corrected chi connectivity index (χ2v) is 7.64. The van der Waals surface area contributed by atoms with Crippen LogP contribution < -0.4 is 5.32 Å². The first-order valence-corrected chi connectivity index (χ1v) is 8.50. The average Bonchev–Trinajstić information content (AvgIpc) is 2.69. The van der Waals surface area contributed by atoms with Crippen molar-refractivity contribution in [3.8, 4) is 0 Å². The minimum Gasteiger partial charge on any atom is -0.298 e. The molecule has 1 N–H and O–H groups in total. The van der Waals surface area contributed by atoms with Crippen LogP contribution in [-0.4, -0.2) is 19.3 Å². The molecule has 0 fully saturated rings. The van der Waals surface area contributed by atoms with Crippen LogP contribution in [0.4, 0.5) is 13.9 Å². The van der Waals surface area contributed by atoms with Gasteiger partial charge in [-0.1, -0.05) is 17.4 Å². The van der Waals surface area contributed by atoms with Gasteiger partial charge in [-0.15, -0.1) is 0 Å². The third kappa shape index (κ3) is 3.36. The van der Waals surface area contributed by atoms with Gasteiger partial charge in [-0.05, 0) is 19.1 Å². The van der Waals surface area contributed by atoms with Crippen LogP contribution in [0.1, 0.15) is 16.1 Å². The number of amides is 1. The van der Waals surface area contributed by atoms with Crippen LogP contribution in [0.2, 0.25) is 0 Å². The number of aryl methyl sites for hydroxylation is 1. The highest BCUT2D eigenvalue weighted by Gasteiger charge is 2.22. The third-order valence-electron chi connectivity index (χ3n) is 2.39. The monoisotopic (exact) mass is 352 g/mol. The summed E-state index contributed by atoms with van der Waals surface area (Å²) in [5.41, 5.74) is -0.695. The van der Waals surface area contributed by atoms with Crippen LogP contribution in [0.25, 0.3) is 0 Å². The van der Waals surface area contributed by atoms with E-state index in [0.29, 0.717) is 11.3 Å². The van der Waals surface area contributed by atoms with Crippen molar-refractivity contribution in [2.75, 3.05) is 5.32 Å². The number of nitrogens with one attached hydrogen (secondary N) is 1. The van der Waals surface area contributed by atoms with Crippen LogP contribution in [-0.2, 0) is 9.05 Å². The molecule has 0 aliphatic rings. The van der Waals surface area contributed by atoms with Gasteiger partial charge in [0.05, 0.1) is 5.69 Å². The second kappa shape index (κ2) is 5.66. The number of halogens is 3. The smallest absolute Gasteiger partial charge is 0.272 e. The van der Waals surface area contributed by atoms with Gasteiger partial charge < -0.3 is 0 Å². The van der Waals surface area contributed by atoms with Crippen molar-refractivity contribution in [3.63, 3.8) is 0 Å². The summed E-state index contributed by atoms with van der Waals surface area (Å²) in [6.07, 6.45) is 0. The molecular formula is C11H7ClF2N2O3S2. The molecule has 112 valence electrons. The molecule has 0 atom stereocenters. The molecule has 2 rings (SSSR count). The first kappa shape index (κ1) is 15.8. The Morgan fingerprint density at radius 2 is 1.90 bits per heavy atom. The van der Waals surface area contributed by atoms with E-state index < -0.39 is 32.2 Å². The Kier molecular flexibility index (Phi) is 4.26. The average molecular weight is 353 g/mol. The van der Waals surface area contributed by atoms with Gasteiger partial charge in [-0.2, -0.15) is 0 Å². The fraction of sp³-hybridized carbons (Fsp3) is 0.0909. The zero-order valence-corrected chi connectivity index (χ0v) is 12.7. The van der Waals surface area contributed by atoms with Gasteiger partial charge in [0.15, 0.2) is 9.34 Å². The van der Waals surface area contributed by atoms with Crippen LogP contribution in [0.5, 0.6) is 0 Å². The highest BCUT2D eigenvalue weighted by molar-refractivity contribution is 8.15. The van der Waals surface area contributed by atoms with Crippen molar-refractivity contribution in [2.24, 2.45) is 0 Å². The summed E-state index contributed by atoms with van der Waals surface area (Å²) >= 11 is 0.593. The van der Waals surface area contributed by atoms with Crippen LogP contribution in [0, 0.1) is 18.6 Å². The van der Waals surface area contributed by atoms with Gasteiger partial charge in [-0.3, -0.25) is 10.1 Å². The van der Waals surface area contributed by atoms with Crippen molar-refractivity contribution >= 4 is 42.1 Å². The SMILES string of the molecule is Cc1nc(NC(=O)c2c(F)cccc2F)sc1S(=O)(=O)Cl. The number of hydrogen-bond acceptors (Lipinski definition) is 5. The number of carbonyl (C=O) groups is 1. The summed E-state index contributed by atoms with van der Waals surface area (Å²) in [6, 6.07) is 2.98. The molecule has 21 heavy (non-hydrogen) atoms. The molecule has 0 bridgehead atoms. The van der Waals surface area contributed by atoms with Crippen molar-refractivity contribution < 1.29 is 22.0 Å². The molecule has 1 amide bonds. The minimum absolute atomic E-state index is 0.0827. The number of aromatic nitrogens is 1. The number of nitrogens with zero attached hydrogens (tertiary/aromatic N) is 1. The number of benzene rings is 1. The van der Waals surface area contributed by atoms with E-state index in [4.69, 9.17) is 10.7 Å². The van der Waals surface area contributed by atoms with Gasteiger partial charge in [0, 0.05) is 10.7 Å². The lowest BCUT2D eigenvalue weighted by Crippen LogP contribution is -2.15. The van der Waals surface area contributed by atoms with E-state index in [1.54, 1.807) is 0 Å². The quantitative estimate of drug-likeness (QED) is 0.862. The fourth-order valence-electron chi connectivity index (χ4n) is 1.54. The van der Waals surface area contributed by atoms with Gasteiger partial charge in [0.25, 0.3) is 15.0 Å². The summed E-state index contributed by atoms with van der Waals surface area (Å²) in [5.74, 6) is -3.14. The summed E-state index contributed by atoms with van der Waals surface area (Å²) in [7, 11) is 1.19. The first-order valence-electron chi connectivity index (χ1n) is 5.37. The van der Waals surface area contributed by atoms with Crippen LogP contribution >= 0.6 is 22.0 Å². The normalized spacial score (nSPS) is 11.4. The molecule has 0 unspecified atom stereocenters. The van der Waals surface area contributed by atoms with Crippen molar-refractivity contribution in [3.05, 3.63) is 41.1 Å². The van der Waals surface area contributed by atoms with Crippen LogP contribution in [0.15, 0.2) is 22.4 Å². The molecule has 1 aromatic carbocycles. The number of carbonyl (C=O) groups excluding carboxylic acids is 1. The number of anilines is 1. The van der Waals surface area contributed by atoms with E-state index in [0.717, 1.165) is 18.2 Å². The molecule has 0 saturated heterocycles. The summed E-state index contributed by atoms with van der Waals surface area (Å²) in [5, 5.41) is 2.01. The maximum absolute atomic E-state index is 13.4. The van der Waals surface area contributed by atoms with Gasteiger partial charge in [-0.25, -0.2) is 22.2 Å². The molecule has 0 aliphatic heterocycles. The van der Waals surface area contributed by atoms with Gasteiger partial charge in [0.2, 0.25) is 0 Å². The zero-order valence-electron chi connectivity index (χ0n) is 10.4. The lowest BCUT2D eigenvalue weighted by molar-refractivity contribution is 0.101. The van der Waals surface area contributed by atoms with E-state index in [-0.39, 0.29) is 15.0 Å². The first-order chi connectivity index (χ1) is 9.70. The molecule has 0 saturated carbocycles. The molecule has 2 aromatic rings. The maximum Gasteiger partial charge on any atom is 0.272 e. The Morgan fingerprint density at radius 3 is 2.38 bits per heavy atom. The Hall–Kier alpha value is -1.58. The zero-order chi connectivity index (χ0) is 15.8. The van der Waals surface area contributed by atoms with Crippen molar-refractivity contribution in [2.45, 2.75) is 11.1 Å². The van der Waals surface area contributed by atoms with Crippen molar-refractivity contribution in [1.82, 2.24) is 4.98 Å². The number of hydrogen-bond donors (Lipinski definition) is 1. The molecule has 10 heteroatoms. The molecular weight excluding hydrogens is 346 g/mol.